The second-order valence-electron chi connectivity index (χ2n) is 3.19. The van der Waals surface area contributed by atoms with E-state index in [0.717, 1.165) is 12.0 Å². The second kappa shape index (κ2) is 3.81. The fourth-order valence-corrected chi connectivity index (χ4v) is 1.28. The van der Waals surface area contributed by atoms with Crippen LogP contribution in [0.15, 0.2) is 18.2 Å². The van der Waals surface area contributed by atoms with Gasteiger partial charge in [0.05, 0.1) is 10.6 Å². The Kier molecular flexibility index (Phi) is 3.10. The molecule has 4 heteroatoms. The molecule has 0 aromatic heterocycles. The fourth-order valence-electron chi connectivity index (χ4n) is 1.05. The Bertz CT molecular complexity index is 329. The summed E-state index contributed by atoms with van der Waals surface area (Å²) in [6.45, 7) is 3.51. The van der Waals surface area contributed by atoms with Crippen molar-refractivity contribution in [1.29, 1.82) is 0 Å². The first-order valence-electron chi connectivity index (χ1n) is 3.99. The van der Waals surface area contributed by atoms with Crippen molar-refractivity contribution in [3.63, 3.8) is 0 Å². The predicted octanol–water partition coefficient (Wildman–Crippen LogP) is 4.32. The molecule has 0 aliphatic rings. The molecule has 0 unspecified atom stereocenters. The minimum absolute atomic E-state index is 0.262. The van der Waals surface area contributed by atoms with Crippen molar-refractivity contribution in [3.05, 3.63) is 40.3 Å². The van der Waals surface area contributed by atoms with E-state index in [1.54, 1.807) is 19.9 Å². The maximum Gasteiger partial charge on any atom is 0.417 e. The van der Waals surface area contributed by atoms with Gasteiger partial charge in [-0.2, -0.15) is 13.2 Å². The molecule has 0 aliphatic carbocycles. The quantitative estimate of drug-likeness (QED) is 0.663. The van der Waals surface area contributed by atoms with Gasteiger partial charge in [-0.15, -0.1) is 0 Å². The minimum atomic E-state index is -4.39. The van der Waals surface area contributed by atoms with Gasteiger partial charge in [0.25, 0.3) is 0 Å². The molecule has 1 aromatic rings. The summed E-state index contributed by atoms with van der Waals surface area (Å²) in [5, 5.41) is -0.262. The van der Waals surface area contributed by atoms with Crippen LogP contribution in [0.1, 0.15) is 25.0 Å². The number of hydrogen-bond donors (Lipinski definition) is 0. The Balaban J connectivity index is 3.22. The van der Waals surface area contributed by atoms with Crippen molar-refractivity contribution in [2.24, 2.45) is 0 Å². The average molecular weight is 222 g/mol. The van der Waals surface area contributed by atoms with Crippen molar-refractivity contribution >= 4 is 11.6 Å². The number of benzene rings is 1. The van der Waals surface area contributed by atoms with Crippen molar-refractivity contribution < 1.29 is 13.2 Å². The molecule has 1 rings (SSSR count). The molecule has 14 heavy (non-hydrogen) atoms. The molecule has 0 atom stereocenters. The molecular formula is C10H9ClF3. The lowest BCUT2D eigenvalue weighted by molar-refractivity contribution is -0.137. The summed E-state index contributed by atoms with van der Waals surface area (Å²) in [5.41, 5.74) is -0.223. The van der Waals surface area contributed by atoms with Crippen molar-refractivity contribution in [2.45, 2.75) is 20.0 Å². The largest absolute Gasteiger partial charge is 0.417 e. The van der Waals surface area contributed by atoms with Crippen molar-refractivity contribution in [2.75, 3.05) is 0 Å². The zero-order chi connectivity index (χ0) is 10.9. The van der Waals surface area contributed by atoms with E-state index in [1.165, 1.54) is 6.07 Å². The van der Waals surface area contributed by atoms with Gasteiger partial charge in [0.2, 0.25) is 0 Å². The van der Waals surface area contributed by atoms with Gasteiger partial charge in [-0.1, -0.05) is 31.5 Å². The van der Waals surface area contributed by atoms with E-state index in [1.807, 2.05) is 0 Å². The van der Waals surface area contributed by atoms with Crippen LogP contribution in [0.25, 0.3) is 0 Å². The first kappa shape index (κ1) is 11.4. The van der Waals surface area contributed by atoms with E-state index >= 15 is 0 Å². The smallest absolute Gasteiger partial charge is 0.166 e. The normalized spacial score (nSPS) is 12.2. The summed E-state index contributed by atoms with van der Waals surface area (Å²) in [5.74, 6) is 0.826. The number of rotatable bonds is 1. The number of alkyl halides is 3. The molecule has 0 bridgehead atoms. The third kappa shape index (κ3) is 2.41. The lowest BCUT2D eigenvalue weighted by atomic mass is 10.0. The van der Waals surface area contributed by atoms with Crippen LogP contribution in [0.2, 0.25) is 5.02 Å². The average Bonchev–Trinajstić information content (AvgIpc) is 2.02. The molecule has 0 saturated heterocycles. The van der Waals surface area contributed by atoms with E-state index in [-0.39, 0.29) is 5.02 Å². The molecule has 1 radical (unpaired) electrons. The Labute approximate surface area is 85.7 Å². The first-order valence-corrected chi connectivity index (χ1v) is 4.37. The monoisotopic (exact) mass is 221 g/mol. The SMILES string of the molecule is C[C](C)c1ccc(Cl)c(C(F)(F)F)c1. The zero-order valence-corrected chi connectivity index (χ0v) is 8.50. The van der Waals surface area contributed by atoms with E-state index in [9.17, 15) is 13.2 Å². The van der Waals surface area contributed by atoms with Gasteiger partial charge < -0.3 is 0 Å². The number of hydrogen-bond acceptors (Lipinski definition) is 0. The van der Waals surface area contributed by atoms with Gasteiger partial charge in [-0.05, 0) is 23.6 Å². The summed E-state index contributed by atoms with van der Waals surface area (Å²) in [7, 11) is 0. The minimum Gasteiger partial charge on any atom is -0.166 e. The van der Waals surface area contributed by atoms with Crippen LogP contribution >= 0.6 is 11.6 Å². The highest BCUT2D eigenvalue weighted by Crippen LogP contribution is 2.36. The zero-order valence-electron chi connectivity index (χ0n) is 7.74. The fraction of sp³-hybridized carbons (Fsp3) is 0.300. The molecule has 0 heterocycles. The van der Waals surface area contributed by atoms with Crippen LogP contribution < -0.4 is 0 Å². The Morgan fingerprint density at radius 1 is 1.21 bits per heavy atom. The van der Waals surface area contributed by atoms with Gasteiger partial charge in [0, 0.05) is 0 Å². The topological polar surface area (TPSA) is 0 Å². The highest BCUT2D eigenvalue weighted by molar-refractivity contribution is 6.31. The molecule has 0 fully saturated rings. The van der Waals surface area contributed by atoms with Crippen molar-refractivity contribution in [3.8, 4) is 0 Å². The molecule has 0 nitrogen and oxygen atoms in total. The summed E-state index contributed by atoms with van der Waals surface area (Å²) < 4.78 is 37.2. The summed E-state index contributed by atoms with van der Waals surface area (Å²) in [6, 6.07) is 3.91. The van der Waals surface area contributed by atoms with Crippen LogP contribution in [0.4, 0.5) is 13.2 Å². The Hall–Kier alpha value is -0.700. The van der Waals surface area contributed by atoms with Gasteiger partial charge in [-0.25, -0.2) is 0 Å². The van der Waals surface area contributed by atoms with Crippen LogP contribution in [0.3, 0.4) is 0 Å². The predicted molar refractivity (Wildman–Crippen MR) is 50.1 cm³/mol. The highest BCUT2D eigenvalue weighted by atomic mass is 35.5. The molecule has 1 aromatic carbocycles. The summed E-state index contributed by atoms with van der Waals surface area (Å²) in [4.78, 5) is 0. The molecule has 0 saturated carbocycles. The van der Waals surface area contributed by atoms with Gasteiger partial charge >= 0.3 is 6.18 Å². The van der Waals surface area contributed by atoms with E-state index in [4.69, 9.17) is 11.6 Å². The standard InChI is InChI=1S/C10H9ClF3/c1-6(2)7-3-4-9(11)8(5-7)10(12,13)14/h3-5H,1-2H3. The third-order valence-corrected chi connectivity index (χ3v) is 2.18. The van der Waals surface area contributed by atoms with Crippen LogP contribution in [0.5, 0.6) is 0 Å². The Morgan fingerprint density at radius 2 is 1.79 bits per heavy atom. The van der Waals surface area contributed by atoms with E-state index < -0.39 is 11.7 Å². The van der Waals surface area contributed by atoms with Gasteiger partial charge in [0.15, 0.2) is 0 Å². The van der Waals surface area contributed by atoms with Crippen LogP contribution in [-0.2, 0) is 6.18 Å². The highest BCUT2D eigenvalue weighted by Gasteiger charge is 2.33. The lowest BCUT2D eigenvalue weighted by Gasteiger charge is -2.12. The summed E-state index contributed by atoms with van der Waals surface area (Å²) in [6.07, 6.45) is -4.39. The van der Waals surface area contributed by atoms with Crippen LogP contribution in [-0.4, -0.2) is 0 Å². The van der Waals surface area contributed by atoms with Gasteiger partial charge in [0.1, 0.15) is 0 Å². The third-order valence-electron chi connectivity index (χ3n) is 1.85. The Morgan fingerprint density at radius 3 is 2.21 bits per heavy atom. The molecule has 0 amide bonds. The maximum absolute atomic E-state index is 12.4. The molecule has 0 aliphatic heterocycles. The lowest BCUT2D eigenvalue weighted by Crippen LogP contribution is -2.07. The molecule has 0 spiro atoms. The molecule has 77 valence electrons. The molecule has 0 N–H and O–H groups in total. The van der Waals surface area contributed by atoms with E-state index in [0.29, 0.717) is 5.56 Å². The maximum atomic E-state index is 12.4. The second-order valence-corrected chi connectivity index (χ2v) is 3.60. The first-order chi connectivity index (χ1) is 6.32. The van der Waals surface area contributed by atoms with E-state index in [2.05, 4.69) is 0 Å². The summed E-state index contributed by atoms with van der Waals surface area (Å²) >= 11 is 5.46. The number of halogens is 4. The van der Waals surface area contributed by atoms with Gasteiger partial charge in [-0.3, -0.25) is 0 Å². The van der Waals surface area contributed by atoms with Crippen LogP contribution in [0, 0.1) is 5.92 Å². The molecular weight excluding hydrogens is 213 g/mol. The van der Waals surface area contributed by atoms with Crippen molar-refractivity contribution in [1.82, 2.24) is 0 Å².